The lowest BCUT2D eigenvalue weighted by atomic mass is 10.1. The summed E-state index contributed by atoms with van der Waals surface area (Å²) in [5, 5.41) is 3.21. The van der Waals surface area contributed by atoms with Crippen LogP contribution in [0.15, 0.2) is 40.9 Å². The number of fused-ring (bicyclic) bond motifs is 1. The van der Waals surface area contributed by atoms with E-state index in [4.69, 9.17) is 10.5 Å². The van der Waals surface area contributed by atoms with Crippen LogP contribution >= 0.6 is 15.9 Å². The van der Waals surface area contributed by atoms with Crippen LogP contribution in [0.25, 0.3) is 0 Å². The molecule has 20 heavy (non-hydrogen) atoms. The summed E-state index contributed by atoms with van der Waals surface area (Å²) in [7, 11) is 0. The van der Waals surface area contributed by atoms with Gasteiger partial charge in [0.15, 0.2) is 0 Å². The number of nitrogens with one attached hydrogen (secondary N) is 1. The van der Waals surface area contributed by atoms with E-state index >= 15 is 0 Å². The van der Waals surface area contributed by atoms with Gasteiger partial charge >= 0.3 is 0 Å². The van der Waals surface area contributed by atoms with Gasteiger partial charge in [0.05, 0.1) is 22.4 Å². The molecule has 1 aliphatic rings. The monoisotopic (exact) mass is 336 g/mol. The molecule has 0 spiro atoms. The first-order valence-electron chi connectivity index (χ1n) is 6.36. The SMILES string of the molecule is Nc1cc(F)c(Br)cc1NCC1Cc2ccccc2O1. The van der Waals surface area contributed by atoms with E-state index in [1.165, 1.54) is 11.6 Å². The van der Waals surface area contributed by atoms with E-state index in [0.717, 1.165) is 12.2 Å². The molecule has 0 aromatic heterocycles. The van der Waals surface area contributed by atoms with Crippen molar-refractivity contribution in [1.82, 2.24) is 0 Å². The smallest absolute Gasteiger partial charge is 0.139 e. The molecule has 0 radical (unpaired) electrons. The summed E-state index contributed by atoms with van der Waals surface area (Å²) >= 11 is 3.16. The Morgan fingerprint density at radius 3 is 2.95 bits per heavy atom. The fraction of sp³-hybridized carbons (Fsp3) is 0.200. The van der Waals surface area contributed by atoms with Gasteiger partial charge in [0.1, 0.15) is 17.7 Å². The molecule has 0 bridgehead atoms. The molecule has 0 saturated carbocycles. The second-order valence-electron chi connectivity index (χ2n) is 4.79. The van der Waals surface area contributed by atoms with Gasteiger partial charge in [-0.2, -0.15) is 0 Å². The van der Waals surface area contributed by atoms with Gasteiger partial charge in [0, 0.05) is 12.5 Å². The van der Waals surface area contributed by atoms with Crippen LogP contribution in [0.3, 0.4) is 0 Å². The number of nitrogens with two attached hydrogens (primary N) is 1. The number of benzene rings is 2. The van der Waals surface area contributed by atoms with Gasteiger partial charge in [-0.15, -0.1) is 0 Å². The van der Waals surface area contributed by atoms with Gasteiger partial charge in [0.25, 0.3) is 0 Å². The van der Waals surface area contributed by atoms with Crippen LogP contribution < -0.4 is 15.8 Å². The third kappa shape index (κ3) is 2.58. The number of rotatable bonds is 3. The van der Waals surface area contributed by atoms with Gasteiger partial charge in [-0.25, -0.2) is 4.39 Å². The van der Waals surface area contributed by atoms with Gasteiger partial charge in [-0.3, -0.25) is 0 Å². The molecule has 3 nitrogen and oxygen atoms in total. The molecule has 1 heterocycles. The van der Waals surface area contributed by atoms with E-state index < -0.39 is 0 Å². The average molecular weight is 337 g/mol. The van der Waals surface area contributed by atoms with Crippen molar-refractivity contribution in [2.45, 2.75) is 12.5 Å². The van der Waals surface area contributed by atoms with E-state index in [0.29, 0.717) is 22.4 Å². The van der Waals surface area contributed by atoms with Crippen molar-refractivity contribution in [3.63, 3.8) is 0 Å². The lowest BCUT2D eigenvalue weighted by molar-refractivity contribution is 0.246. The quantitative estimate of drug-likeness (QED) is 0.842. The first-order valence-corrected chi connectivity index (χ1v) is 7.16. The molecule has 0 fully saturated rings. The lowest BCUT2D eigenvalue weighted by Crippen LogP contribution is -2.24. The van der Waals surface area contributed by atoms with Crippen LogP contribution in [0, 0.1) is 5.82 Å². The molecule has 3 N–H and O–H groups in total. The van der Waals surface area contributed by atoms with Gasteiger partial charge in [-0.1, -0.05) is 18.2 Å². The average Bonchev–Trinajstić information content (AvgIpc) is 2.84. The topological polar surface area (TPSA) is 47.3 Å². The van der Waals surface area contributed by atoms with E-state index in [1.54, 1.807) is 6.07 Å². The summed E-state index contributed by atoms with van der Waals surface area (Å²) < 4.78 is 19.5. The third-order valence-electron chi connectivity index (χ3n) is 3.33. The summed E-state index contributed by atoms with van der Waals surface area (Å²) in [6.07, 6.45) is 0.932. The molecule has 2 aromatic carbocycles. The zero-order chi connectivity index (χ0) is 14.1. The Labute approximate surface area is 125 Å². The standard InChI is InChI=1S/C15H14BrFN2O/c16-11-6-14(13(18)7-12(11)17)19-8-10-5-9-3-1-2-4-15(9)20-10/h1-4,6-7,10,19H,5,8,18H2. The first kappa shape index (κ1) is 13.2. The predicted octanol–water partition coefficient (Wildman–Crippen LogP) is 3.59. The molecule has 104 valence electrons. The van der Waals surface area contributed by atoms with E-state index in [-0.39, 0.29) is 11.9 Å². The van der Waals surface area contributed by atoms with Crippen molar-refractivity contribution >= 4 is 27.3 Å². The van der Waals surface area contributed by atoms with E-state index in [1.807, 2.05) is 18.2 Å². The van der Waals surface area contributed by atoms with E-state index in [9.17, 15) is 4.39 Å². The van der Waals surface area contributed by atoms with Crippen LogP contribution in [0.4, 0.5) is 15.8 Å². The minimum absolute atomic E-state index is 0.0654. The Morgan fingerprint density at radius 1 is 1.35 bits per heavy atom. The molecule has 1 unspecified atom stereocenters. The minimum Gasteiger partial charge on any atom is -0.488 e. The summed E-state index contributed by atoms with van der Waals surface area (Å²) in [5.41, 5.74) is 8.11. The van der Waals surface area contributed by atoms with Crippen molar-refractivity contribution in [1.29, 1.82) is 0 Å². The minimum atomic E-state index is -0.363. The molecule has 0 saturated heterocycles. The Kier molecular flexibility index (Phi) is 3.53. The maximum atomic E-state index is 13.3. The van der Waals surface area contributed by atoms with Crippen molar-refractivity contribution in [2.24, 2.45) is 0 Å². The molecule has 1 aliphatic heterocycles. The molecule has 3 rings (SSSR count). The molecular weight excluding hydrogens is 323 g/mol. The molecule has 1 atom stereocenters. The summed E-state index contributed by atoms with van der Waals surface area (Å²) in [4.78, 5) is 0. The lowest BCUT2D eigenvalue weighted by Gasteiger charge is -2.14. The Balaban J connectivity index is 1.66. The highest BCUT2D eigenvalue weighted by Gasteiger charge is 2.22. The van der Waals surface area contributed by atoms with Gasteiger partial charge in [-0.05, 0) is 33.6 Å². The zero-order valence-electron chi connectivity index (χ0n) is 10.7. The zero-order valence-corrected chi connectivity index (χ0v) is 12.3. The number of ether oxygens (including phenoxy) is 1. The van der Waals surface area contributed by atoms with Gasteiger partial charge in [0.2, 0.25) is 0 Å². The van der Waals surface area contributed by atoms with Crippen LogP contribution in [0.2, 0.25) is 0 Å². The molecule has 0 aliphatic carbocycles. The number of anilines is 2. The highest BCUT2D eigenvalue weighted by molar-refractivity contribution is 9.10. The maximum absolute atomic E-state index is 13.3. The Morgan fingerprint density at radius 2 is 2.15 bits per heavy atom. The number of nitrogen functional groups attached to an aromatic ring is 1. The molecular formula is C15H14BrFN2O. The van der Waals surface area contributed by atoms with Crippen LogP contribution in [-0.2, 0) is 6.42 Å². The number of halogens is 2. The largest absolute Gasteiger partial charge is 0.488 e. The Hall–Kier alpha value is -1.75. The summed E-state index contributed by atoms with van der Waals surface area (Å²) in [6.45, 7) is 0.622. The normalized spacial score (nSPS) is 16.6. The van der Waals surface area contributed by atoms with Crippen molar-refractivity contribution in [2.75, 3.05) is 17.6 Å². The number of para-hydroxylation sites is 1. The number of hydrogen-bond donors (Lipinski definition) is 2. The van der Waals surface area contributed by atoms with Crippen molar-refractivity contribution in [3.05, 3.63) is 52.3 Å². The van der Waals surface area contributed by atoms with Crippen molar-refractivity contribution < 1.29 is 9.13 Å². The first-order chi connectivity index (χ1) is 9.63. The van der Waals surface area contributed by atoms with Crippen molar-refractivity contribution in [3.8, 4) is 5.75 Å². The molecule has 2 aromatic rings. The fourth-order valence-corrected chi connectivity index (χ4v) is 2.65. The fourth-order valence-electron chi connectivity index (χ4n) is 2.31. The molecule has 5 heteroatoms. The third-order valence-corrected chi connectivity index (χ3v) is 3.93. The number of hydrogen-bond acceptors (Lipinski definition) is 3. The van der Waals surface area contributed by atoms with Crippen LogP contribution in [0.5, 0.6) is 5.75 Å². The predicted molar refractivity (Wildman–Crippen MR) is 81.6 cm³/mol. The van der Waals surface area contributed by atoms with Crippen LogP contribution in [0.1, 0.15) is 5.56 Å². The van der Waals surface area contributed by atoms with Crippen LogP contribution in [-0.4, -0.2) is 12.6 Å². The van der Waals surface area contributed by atoms with E-state index in [2.05, 4.69) is 27.3 Å². The van der Waals surface area contributed by atoms with Gasteiger partial charge < -0.3 is 15.8 Å². The molecule has 0 amide bonds. The summed E-state index contributed by atoms with van der Waals surface area (Å²) in [5.74, 6) is 0.574. The second-order valence-corrected chi connectivity index (χ2v) is 5.64. The highest BCUT2D eigenvalue weighted by atomic mass is 79.9. The highest BCUT2D eigenvalue weighted by Crippen LogP contribution is 2.30. The summed E-state index contributed by atoms with van der Waals surface area (Å²) in [6, 6.07) is 11.0. The second kappa shape index (κ2) is 5.32. The maximum Gasteiger partial charge on any atom is 0.139 e. The Bertz CT molecular complexity index is 623.